The number of halogens is 2. The summed E-state index contributed by atoms with van der Waals surface area (Å²) in [5.74, 6) is -0.350. The Morgan fingerprint density at radius 2 is 1.70 bits per heavy atom. The smallest absolute Gasteiger partial charge is 0.123 e. The van der Waals surface area contributed by atoms with Gasteiger partial charge >= 0.3 is 0 Å². The molecular weight excluding hydrogens is 437 g/mol. The van der Waals surface area contributed by atoms with E-state index in [4.69, 9.17) is 4.74 Å². The van der Waals surface area contributed by atoms with Crippen molar-refractivity contribution < 1.29 is 14.2 Å². The molecule has 1 heterocycles. The second-order valence-corrected chi connectivity index (χ2v) is 9.07. The minimum atomic E-state index is -1.12. The summed E-state index contributed by atoms with van der Waals surface area (Å²) in [4.78, 5) is 2.33. The maximum atomic E-state index is 14.3. The fraction of sp³-hybridized carbons (Fsp3) is 0.357. The summed E-state index contributed by atoms with van der Waals surface area (Å²) in [5.41, 5.74) is 2.90. The average Bonchev–Trinajstić information content (AvgIpc) is 2.80. The van der Waals surface area contributed by atoms with Crippen LogP contribution in [0.2, 0.25) is 0 Å². The molecule has 0 spiro atoms. The Bertz CT molecular complexity index is 1010. The highest BCUT2D eigenvalue weighted by atomic mass is 35.5. The van der Waals surface area contributed by atoms with E-state index in [2.05, 4.69) is 17.0 Å². The molecule has 3 aromatic carbocycles. The monoisotopic (exact) mass is 469 g/mol. The Kier molecular flexibility index (Phi) is 8.66. The minimum absolute atomic E-state index is 0. The first kappa shape index (κ1) is 25.4. The third kappa shape index (κ3) is 6.01. The Morgan fingerprint density at radius 1 is 1.03 bits per heavy atom. The van der Waals surface area contributed by atoms with Crippen LogP contribution in [0.1, 0.15) is 25.0 Å². The normalized spacial score (nSPS) is 18.5. The topological polar surface area (TPSA) is 32.7 Å². The number of nitrogens with zero attached hydrogens (tertiary/aromatic N) is 1. The van der Waals surface area contributed by atoms with E-state index >= 15 is 0 Å². The Labute approximate surface area is 202 Å². The van der Waals surface area contributed by atoms with Gasteiger partial charge in [-0.2, -0.15) is 0 Å². The largest absolute Gasteiger partial charge is 0.387 e. The van der Waals surface area contributed by atoms with Crippen LogP contribution >= 0.6 is 12.4 Å². The van der Waals surface area contributed by atoms with Crippen molar-refractivity contribution in [3.05, 3.63) is 95.8 Å². The van der Waals surface area contributed by atoms with E-state index in [0.29, 0.717) is 19.6 Å². The van der Waals surface area contributed by atoms with Crippen molar-refractivity contribution in [2.75, 3.05) is 19.7 Å². The first-order valence-electron chi connectivity index (χ1n) is 11.4. The number of benzene rings is 3. The molecule has 2 unspecified atom stereocenters. The van der Waals surface area contributed by atoms with Crippen LogP contribution in [0.25, 0.3) is 11.1 Å². The van der Waals surface area contributed by atoms with Crippen LogP contribution < -0.4 is 0 Å². The van der Waals surface area contributed by atoms with Gasteiger partial charge in [0.2, 0.25) is 0 Å². The molecule has 176 valence electrons. The molecule has 1 saturated heterocycles. The van der Waals surface area contributed by atoms with Crippen molar-refractivity contribution in [2.24, 2.45) is 5.92 Å². The van der Waals surface area contributed by atoms with Gasteiger partial charge in [-0.05, 0) is 40.3 Å². The van der Waals surface area contributed by atoms with Crippen molar-refractivity contribution in [1.29, 1.82) is 0 Å². The van der Waals surface area contributed by atoms with Gasteiger partial charge in [-0.15, -0.1) is 12.4 Å². The Balaban J connectivity index is 0.00000306. The van der Waals surface area contributed by atoms with E-state index in [-0.39, 0.29) is 30.2 Å². The lowest BCUT2D eigenvalue weighted by atomic mass is 9.77. The van der Waals surface area contributed by atoms with Crippen LogP contribution in [0.5, 0.6) is 0 Å². The quantitative estimate of drug-likeness (QED) is 0.478. The highest BCUT2D eigenvalue weighted by molar-refractivity contribution is 5.85. The van der Waals surface area contributed by atoms with Gasteiger partial charge in [0.25, 0.3) is 0 Å². The molecule has 4 rings (SSSR count). The average molecular weight is 470 g/mol. The molecule has 1 aliphatic heterocycles. The zero-order valence-electron chi connectivity index (χ0n) is 19.3. The molecule has 1 N–H and O–H groups in total. The number of hydrogen-bond acceptors (Lipinski definition) is 3. The van der Waals surface area contributed by atoms with Gasteiger partial charge in [0.1, 0.15) is 5.82 Å². The van der Waals surface area contributed by atoms with Crippen LogP contribution in [0.4, 0.5) is 4.39 Å². The second kappa shape index (κ2) is 11.3. The van der Waals surface area contributed by atoms with Crippen LogP contribution in [-0.4, -0.2) is 41.4 Å². The SMILES string of the molecule is CC(C)C(O)(Cc1cc(F)ccc1-c1ccccc1)C1CN(Cc2ccccc2)CCO1.Cl. The Morgan fingerprint density at radius 3 is 2.36 bits per heavy atom. The van der Waals surface area contributed by atoms with Gasteiger partial charge < -0.3 is 9.84 Å². The van der Waals surface area contributed by atoms with Crippen LogP contribution in [-0.2, 0) is 17.7 Å². The molecule has 0 aromatic heterocycles. The van der Waals surface area contributed by atoms with E-state index in [1.165, 1.54) is 11.6 Å². The summed E-state index contributed by atoms with van der Waals surface area (Å²) in [7, 11) is 0. The summed E-state index contributed by atoms with van der Waals surface area (Å²) >= 11 is 0. The molecule has 3 nitrogen and oxygen atoms in total. The van der Waals surface area contributed by atoms with Gasteiger partial charge in [-0.25, -0.2) is 4.39 Å². The number of ether oxygens (including phenoxy) is 1. The molecule has 33 heavy (non-hydrogen) atoms. The van der Waals surface area contributed by atoms with Crippen LogP contribution in [0.3, 0.4) is 0 Å². The van der Waals surface area contributed by atoms with E-state index in [1.807, 2.05) is 68.4 Å². The van der Waals surface area contributed by atoms with E-state index in [1.54, 1.807) is 6.07 Å². The molecule has 0 saturated carbocycles. The first-order chi connectivity index (χ1) is 15.5. The standard InChI is InChI=1S/C28H32FNO2.ClH/c1-21(2)28(31,27-20-30(15-16-32-27)19-22-9-5-3-6-10-22)18-24-17-25(29)13-14-26(24)23-11-7-4-8-12-23;/h3-14,17,21,27,31H,15-16,18-20H2,1-2H3;1H. The fourth-order valence-corrected chi connectivity index (χ4v) is 4.59. The third-order valence-corrected chi connectivity index (χ3v) is 6.58. The van der Waals surface area contributed by atoms with Crippen LogP contribution in [0.15, 0.2) is 78.9 Å². The third-order valence-electron chi connectivity index (χ3n) is 6.58. The van der Waals surface area contributed by atoms with E-state index in [9.17, 15) is 9.50 Å². The number of aliphatic hydroxyl groups is 1. The molecular formula is C28H33ClFNO2. The summed E-state index contributed by atoms with van der Waals surface area (Å²) in [6, 6.07) is 25.2. The summed E-state index contributed by atoms with van der Waals surface area (Å²) < 4.78 is 20.4. The second-order valence-electron chi connectivity index (χ2n) is 9.07. The summed E-state index contributed by atoms with van der Waals surface area (Å²) in [6.45, 7) is 6.89. The van der Waals surface area contributed by atoms with Crippen molar-refractivity contribution in [3.8, 4) is 11.1 Å². The molecule has 3 aromatic rings. The summed E-state index contributed by atoms with van der Waals surface area (Å²) in [5, 5.41) is 11.9. The van der Waals surface area contributed by atoms with Gasteiger partial charge in [-0.1, -0.05) is 80.6 Å². The van der Waals surface area contributed by atoms with Gasteiger partial charge in [0.05, 0.1) is 18.3 Å². The maximum Gasteiger partial charge on any atom is 0.123 e. The highest BCUT2D eigenvalue weighted by Crippen LogP contribution is 2.34. The van der Waals surface area contributed by atoms with Crippen molar-refractivity contribution in [2.45, 2.75) is 38.5 Å². The van der Waals surface area contributed by atoms with Crippen molar-refractivity contribution in [3.63, 3.8) is 0 Å². The van der Waals surface area contributed by atoms with Gasteiger partial charge in [-0.3, -0.25) is 4.90 Å². The van der Waals surface area contributed by atoms with E-state index < -0.39 is 5.60 Å². The maximum absolute atomic E-state index is 14.3. The zero-order valence-corrected chi connectivity index (χ0v) is 20.1. The minimum Gasteiger partial charge on any atom is -0.387 e. The molecule has 2 atom stereocenters. The van der Waals surface area contributed by atoms with Crippen molar-refractivity contribution >= 4 is 12.4 Å². The molecule has 0 bridgehead atoms. The molecule has 0 aliphatic carbocycles. The lowest BCUT2D eigenvalue weighted by Crippen LogP contribution is -2.58. The first-order valence-corrected chi connectivity index (χ1v) is 11.4. The molecule has 0 radical (unpaired) electrons. The van der Waals surface area contributed by atoms with Crippen molar-refractivity contribution in [1.82, 2.24) is 4.90 Å². The molecule has 1 fully saturated rings. The number of morpholine rings is 1. The summed E-state index contributed by atoms with van der Waals surface area (Å²) in [6.07, 6.45) is -0.0249. The lowest BCUT2D eigenvalue weighted by molar-refractivity contribution is -0.163. The van der Waals surface area contributed by atoms with Gasteiger partial charge in [0, 0.05) is 26.1 Å². The fourth-order valence-electron chi connectivity index (χ4n) is 4.59. The number of hydrogen-bond donors (Lipinski definition) is 1. The predicted molar refractivity (Wildman–Crippen MR) is 134 cm³/mol. The number of rotatable bonds is 7. The van der Waals surface area contributed by atoms with E-state index in [0.717, 1.165) is 29.8 Å². The highest BCUT2D eigenvalue weighted by Gasteiger charge is 2.43. The zero-order chi connectivity index (χ0) is 22.6. The lowest BCUT2D eigenvalue weighted by Gasteiger charge is -2.44. The molecule has 5 heteroatoms. The van der Waals surface area contributed by atoms with Gasteiger partial charge in [0.15, 0.2) is 0 Å². The molecule has 1 aliphatic rings. The molecule has 0 amide bonds. The predicted octanol–water partition coefficient (Wildman–Crippen LogP) is 5.75. The van der Waals surface area contributed by atoms with Crippen LogP contribution in [0, 0.1) is 11.7 Å². The Hall–Kier alpha value is -2.24.